The molecule has 0 aromatic heterocycles. The lowest BCUT2D eigenvalue weighted by molar-refractivity contribution is -0.150. The summed E-state index contributed by atoms with van der Waals surface area (Å²) in [6.07, 6.45) is -1.23. The molecule has 0 spiro atoms. The van der Waals surface area contributed by atoms with Gasteiger partial charge in [0.1, 0.15) is 0 Å². The third-order valence-corrected chi connectivity index (χ3v) is 3.06. The van der Waals surface area contributed by atoms with Crippen molar-refractivity contribution in [2.75, 3.05) is 7.11 Å². The van der Waals surface area contributed by atoms with Crippen LogP contribution in [0.4, 0.5) is 0 Å². The Morgan fingerprint density at radius 1 is 1.24 bits per heavy atom. The van der Waals surface area contributed by atoms with Crippen molar-refractivity contribution in [3.8, 4) is 0 Å². The van der Waals surface area contributed by atoms with Crippen molar-refractivity contribution in [1.29, 1.82) is 0 Å². The molecule has 0 heterocycles. The molecule has 0 radical (unpaired) electrons. The SMILES string of the molecule is COC(=O)C(O)c1ccc2cc(Br)ccc2c1. The molecule has 2 aromatic carbocycles. The number of aliphatic hydroxyl groups excluding tert-OH is 1. The summed E-state index contributed by atoms with van der Waals surface area (Å²) in [5, 5.41) is 11.7. The third-order valence-electron chi connectivity index (χ3n) is 2.57. The minimum Gasteiger partial charge on any atom is -0.467 e. The van der Waals surface area contributed by atoms with E-state index in [2.05, 4.69) is 20.7 Å². The van der Waals surface area contributed by atoms with Gasteiger partial charge in [0.25, 0.3) is 0 Å². The molecule has 0 bridgehead atoms. The largest absolute Gasteiger partial charge is 0.467 e. The molecule has 1 atom stereocenters. The lowest BCUT2D eigenvalue weighted by Crippen LogP contribution is -2.13. The number of hydrogen-bond acceptors (Lipinski definition) is 3. The van der Waals surface area contributed by atoms with Gasteiger partial charge in [-0.1, -0.05) is 34.1 Å². The van der Waals surface area contributed by atoms with Gasteiger partial charge in [-0.15, -0.1) is 0 Å². The van der Waals surface area contributed by atoms with E-state index in [1.165, 1.54) is 7.11 Å². The number of methoxy groups -OCH3 is 1. The van der Waals surface area contributed by atoms with Gasteiger partial charge in [0.2, 0.25) is 0 Å². The molecule has 0 aliphatic heterocycles. The number of esters is 1. The maximum atomic E-state index is 11.2. The second-order valence-electron chi connectivity index (χ2n) is 3.68. The third kappa shape index (κ3) is 2.48. The standard InChI is InChI=1S/C13H11BrO3/c1-17-13(16)12(15)10-3-2-9-7-11(14)5-4-8(9)6-10/h2-7,12,15H,1H3. The number of carbonyl (C=O) groups is 1. The highest BCUT2D eigenvalue weighted by Crippen LogP contribution is 2.24. The first kappa shape index (κ1) is 12.1. The molecule has 88 valence electrons. The quantitative estimate of drug-likeness (QED) is 0.867. The molecule has 0 saturated carbocycles. The van der Waals surface area contributed by atoms with Crippen molar-refractivity contribution >= 4 is 32.7 Å². The molecule has 0 aliphatic rings. The predicted octanol–water partition coefficient (Wildman–Crippen LogP) is 2.81. The van der Waals surface area contributed by atoms with E-state index in [1.54, 1.807) is 12.1 Å². The van der Waals surface area contributed by atoms with E-state index >= 15 is 0 Å². The van der Waals surface area contributed by atoms with Crippen LogP contribution in [0.15, 0.2) is 40.9 Å². The Balaban J connectivity index is 2.44. The number of fused-ring (bicyclic) bond motifs is 1. The average molecular weight is 295 g/mol. The second-order valence-corrected chi connectivity index (χ2v) is 4.59. The summed E-state index contributed by atoms with van der Waals surface area (Å²) in [6, 6.07) is 11.2. The van der Waals surface area contributed by atoms with Crippen LogP contribution in [0.25, 0.3) is 10.8 Å². The summed E-state index contributed by atoms with van der Waals surface area (Å²) in [4.78, 5) is 11.2. The summed E-state index contributed by atoms with van der Waals surface area (Å²) in [6.45, 7) is 0. The van der Waals surface area contributed by atoms with E-state index in [-0.39, 0.29) is 0 Å². The number of carbonyl (C=O) groups excluding carboxylic acids is 1. The van der Waals surface area contributed by atoms with E-state index < -0.39 is 12.1 Å². The Labute approximate surface area is 107 Å². The number of rotatable bonds is 2. The van der Waals surface area contributed by atoms with Gasteiger partial charge in [0.15, 0.2) is 6.10 Å². The van der Waals surface area contributed by atoms with Gasteiger partial charge >= 0.3 is 5.97 Å². The number of aliphatic hydroxyl groups is 1. The molecular weight excluding hydrogens is 284 g/mol. The second kappa shape index (κ2) is 4.85. The van der Waals surface area contributed by atoms with Gasteiger partial charge in [-0.25, -0.2) is 4.79 Å². The zero-order valence-corrected chi connectivity index (χ0v) is 10.8. The molecule has 3 nitrogen and oxygen atoms in total. The van der Waals surface area contributed by atoms with Gasteiger partial charge in [-0.05, 0) is 34.5 Å². The molecule has 17 heavy (non-hydrogen) atoms. The minimum atomic E-state index is -1.23. The fourth-order valence-electron chi connectivity index (χ4n) is 1.65. The number of ether oxygens (including phenoxy) is 1. The zero-order chi connectivity index (χ0) is 12.4. The van der Waals surface area contributed by atoms with Crippen molar-refractivity contribution in [1.82, 2.24) is 0 Å². The van der Waals surface area contributed by atoms with Crippen LogP contribution in [0.1, 0.15) is 11.7 Å². The summed E-state index contributed by atoms with van der Waals surface area (Å²) < 4.78 is 5.49. The fourth-order valence-corrected chi connectivity index (χ4v) is 2.03. The van der Waals surface area contributed by atoms with Crippen LogP contribution in [-0.2, 0) is 9.53 Å². The highest BCUT2D eigenvalue weighted by atomic mass is 79.9. The lowest BCUT2D eigenvalue weighted by atomic mass is 10.0. The molecule has 0 aliphatic carbocycles. The minimum absolute atomic E-state index is 0.534. The Morgan fingerprint density at radius 3 is 2.59 bits per heavy atom. The van der Waals surface area contributed by atoms with Gasteiger partial charge in [-0.2, -0.15) is 0 Å². The number of halogens is 1. The molecule has 1 unspecified atom stereocenters. The van der Waals surface area contributed by atoms with Gasteiger partial charge in [-0.3, -0.25) is 0 Å². The summed E-state index contributed by atoms with van der Waals surface area (Å²) >= 11 is 3.39. The molecule has 4 heteroatoms. The summed E-state index contributed by atoms with van der Waals surface area (Å²) in [5.74, 6) is -0.651. The maximum absolute atomic E-state index is 11.2. The lowest BCUT2D eigenvalue weighted by Gasteiger charge is -2.09. The van der Waals surface area contributed by atoms with Crippen LogP contribution in [-0.4, -0.2) is 18.2 Å². The predicted molar refractivity (Wildman–Crippen MR) is 68.6 cm³/mol. The van der Waals surface area contributed by atoms with Crippen LogP contribution >= 0.6 is 15.9 Å². The van der Waals surface area contributed by atoms with E-state index in [4.69, 9.17) is 0 Å². The molecular formula is C13H11BrO3. The van der Waals surface area contributed by atoms with Crippen molar-refractivity contribution in [2.24, 2.45) is 0 Å². The zero-order valence-electron chi connectivity index (χ0n) is 9.18. The highest BCUT2D eigenvalue weighted by Gasteiger charge is 2.17. The molecule has 2 aromatic rings. The molecule has 0 saturated heterocycles. The van der Waals surface area contributed by atoms with Crippen molar-refractivity contribution < 1.29 is 14.6 Å². The van der Waals surface area contributed by atoms with Gasteiger partial charge in [0, 0.05) is 4.47 Å². The first-order valence-electron chi connectivity index (χ1n) is 5.07. The normalized spacial score (nSPS) is 12.4. The van der Waals surface area contributed by atoms with E-state index in [0.29, 0.717) is 5.56 Å². The van der Waals surface area contributed by atoms with Crippen LogP contribution in [0, 0.1) is 0 Å². The maximum Gasteiger partial charge on any atom is 0.339 e. The van der Waals surface area contributed by atoms with Gasteiger partial charge in [0.05, 0.1) is 7.11 Å². The highest BCUT2D eigenvalue weighted by molar-refractivity contribution is 9.10. The van der Waals surface area contributed by atoms with Crippen LogP contribution in [0.3, 0.4) is 0 Å². The smallest absolute Gasteiger partial charge is 0.339 e. The van der Waals surface area contributed by atoms with Crippen LogP contribution < -0.4 is 0 Å². The van der Waals surface area contributed by atoms with Crippen molar-refractivity contribution in [3.05, 3.63) is 46.4 Å². The topological polar surface area (TPSA) is 46.5 Å². The van der Waals surface area contributed by atoms with Crippen molar-refractivity contribution in [2.45, 2.75) is 6.10 Å². The van der Waals surface area contributed by atoms with Crippen molar-refractivity contribution in [3.63, 3.8) is 0 Å². The fraction of sp³-hybridized carbons (Fsp3) is 0.154. The molecule has 0 fully saturated rings. The number of hydrogen-bond donors (Lipinski definition) is 1. The van der Waals surface area contributed by atoms with E-state index in [1.807, 2.05) is 24.3 Å². The van der Waals surface area contributed by atoms with E-state index in [0.717, 1.165) is 15.2 Å². The monoisotopic (exact) mass is 294 g/mol. The Morgan fingerprint density at radius 2 is 1.88 bits per heavy atom. The Kier molecular flexibility index (Phi) is 3.45. The molecule has 0 amide bonds. The Hall–Kier alpha value is -1.39. The summed E-state index contributed by atoms with van der Waals surface area (Å²) in [5.41, 5.74) is 0.534. The van der Waals surface area contributed by atoms with Crippen LogP contribution in [0.5, 0.6) is 0 Å². The van der Waals surface area contributed by atoms with Crippen LogP contribution in [0.2, 0.25) is 0 Å². The van der Waals surface area contributed by atoms with Gasteiger partial charge < -0.3 is 9.84 Å². The average Bonchev–Trinajstić information content (AvgIpc) is 2.36. The summed E-state index contributed by atoms with van der Waals surface area (Å²) in [7, 11) is 1.25. The molecule has 2 rings (SSSR count). The Bertz CT molecular complexity index is 566. The first-order valence-corrected chi connectivity index (χ1v) is 5.86. The van der Waals surface area contributed by atoms with E-state index in [9.17, 15) is 9.90 Å². The first-order chi connectivity index (χ1) is 8.11. The number of benzene rings is 2. The molecule has 1 N–H and O–H groups in total.